The normalized spacial score (nSPS) is 18.9. The Kier molecular flexibility index (Phi) is 4.84. The van der Waals surface area contributed by atoms with Crippen molar-refractivity contribution in [1.29, 1.82) is 0 Å². The number of ketones is 1. The summed E-state index contributed by atoms with van der Waals surface area (Å²) in [6.45, 7) is 3.34. The lowest BCUT2D eigenvalue weighted by Crippen LogP contribution is -2.43. The van der Waals surface area contributed by atoms with Crippen LogP contribution in [0, 0.1) is 6.92 Å². The molecule has 1 atom stereocenters. The van der Waals surface area contributed by atoms with Gasteiger partial charge in [-0.2, -0.15) is 0 Å². The molecule has 25 heavy (non-hydrogen) atoms. The van der Waals surface area contributed by atoms with Crippen LogP contribution in [-0.4, -0.2) is 18.5 Å². The maximum absolute atomic E-state index is 13.1. The largest absolute Gasteiger partial charge is 0.295 e. The highest BCUT2D eigenvalue weighted by atomic mass is 79.9. The van der Waals surface area contributed by atoms with E-state index in [-0.39, 0.29) is 16.7 Å². The predicted octanol–water partition coefficient (Wildman–Crippen LogP) is 4.37. The van der Waals surface area contributed by atoms with Gasteiger partial charge >= 0.3 is 0 Å². The zero-order valence-electron chi connectivity index (χ0n) is 13.9. The molecule has 2 aromatic carbocycles. The first kappa shape index (κ1) is 17.9. The summed E-state index contributed by atoms with van der Waals surface area (Å²) in [4.78, 5) is 11.7. The Morgan fingerprint density at radius 3 is 2.28 bits per heavy atom. The molecule has 0 aliphatic carbocycles. The Hall–Kier alpha value is -1.92. The van der Waals surface area contributed by atoms with Gasteiger partial charge in [0.25, 0.3) is 10.0 Å². The van der Waals surface area contributed by atoms with E-state index >= 15 is 0 Å². The van der Waals surface area contributed by atoms with Gasteiger partial charge in [-0.15, -0.1) is 0 Å². The van der Waals surface area contributed by atoms with Gasteiger partial charge < -0.3 is 0 Å². The molecule has 1 aliphatic rings. The van der Waals surface area contributed by atoms with Crippen molar-refractivity contribution in [2.24, 2.45) is 0 Å². The molecule has 130 valence electrons. The van der Waals surface area contributed by atoms with Gasteiger partial charge in [0, 0.05) is 22.7 Å². The van der Waals surface area contributed by atoms with Crippen LogP contribution >= 0.6 is 15.9 Å². The lowest BCUT2D eigenvalue weighted by molar-refractivity contribution is -0.112. The van der Waals surface area contributed by atoms with Crippen molar-refractivity contribution in [1.82, 2.24) is 4.31 Å². The number of allylic oxidation sites excluding steroid dienone is 1. The number of aryl methyl sites for hydroxylation is 1. The van der Waals surface area contributed by atoms with Crippen molar-refractivity contribution >= 4 is 31.7 Å². The van der Waals surface area contributed by atoms with Gasteiger partial charge in [0.1, 0.15) is 0 Å². The fourth-order valence-electron chi connectivity index (χ4n) is 2.90. The summed E-state index contributed by atoms with van der Waals surface area (Å²) < 4.78 is 28.6. The second kappa shape index (κ2) is 6.77. The molecule has 1 fully saturated rings. The second-order valence-electron chi connectivity index (χ2n) is 6.13. The molecule has 0 aromatic heterocycles. The van der Waals surface area contributed by atoms with Gasteiger partial charge in [-0.05, 0) is 43.7 Å². The van der Waals surface area contributed by atoms with E-state index < -0.39 is 10.0 Å². The number of nitrogens with zero attached hydrogens (tertiary/aromatic N) is 1. The maximum atomic E-state index is 13.1. The Balaban J connectivity index is 2.03. The molecule has 0 radical (unpaired) electrons. The van der Waals surface area contributed by atoms with E-state index in [1.54, 1.807) is 24.3 Å². The number of sulfonamides is 1. The molecule has 3 rings (SSSR count). The smallest absolute Gasteiger partial charge is 0.264 e. The molecule has 6 heteroatoms. The molecule has 0 N–H and O–H groups in total. The van der Waals surface area contributed by atoms with E-state index in [0.29, 0.717) is 12.1 Å². The highest BCUT2D eigenvalue weighted by Gasteiger charge is 2.42. The molecular weight excluding hydrogens is 402 g/mol. The average Bonchev–Trinajstić information content (AvgIpc) is 2.52. The summed E-state index contributed by atoms with van der Waals surface area (Å²) in [5, 5.41) is 0. The van der Waals surface area contributed by atoms with Gasteiger partial charge in [0.2, 0.25) is 0 Å². The molecule has 1 unspecified atom stereocenters. The van der Waals surface area contributed by atoms with Crippen LogP contribution < -0.4 is 0 Å². The van der Waals surface area contributed by atoms with Crippen LogP contribution in [0.4, 0.5) is 0 Å². The third-order valence-corrected chi connectivity index (χ3v) is 6.57. The molecule has 0 saturated carbocycles. The molecule has 1 heterocycles. The summed E-state index contributed by atoms with van der Waals surface area (Å²) in [6.07, 6.45) is 1.92. The summed E-state index contributed by atoms with van der Waals surface area (Å²) in [5.74, 6) is -0.159. The molecular formula is C19H18BrNO3S. The van der Waals surface area contributed by atoms with Gasteiger partial charge in [0.15, 0.2) is 5.78 Å². The average molecular weight is 420 g/mol. The summed E-state index contributed by atoms with van der Waals surface area (Å²) >= 11 is 3.39. The molecule has 1 saturated heterocycles. The first-order chi connectivity index (χ1) is 11.8. The van der Waals surface area contributed by atoms with E-state index in [2.05, 4.69) is 15.9 Å². The number of carbonyl (C=O) groups is 1. The van der Waals surface area contributed by atoms with Crippen LogP contribution in [-0.2, 0) is 14.8 Å². The predicted molar refractivity (Wildman–Crippen MR) is 100 cm³/mol. The van der Waals surface area contributed by atoms with E-state index in [4.69, 9.17) is 0 Å². The lowest BCUT2D eigenvalue weighted by Gasteiger charge is -2.44. The SMILES string of the molecule is CC(=O)/C=C1\CC(c2ccc(Br)cc2)N1S(=O)(=O)c1ccc(C)cc1. The Morgan fingerprint density at radius 2 is 1.72 bits per heavy atom. The van der Waals surface area contributed by atoms with Crippen LogP contribution in [0.15, 0.2) is 69.7 Å². The van der Waals surface area contributed by atoms with E-state index in [0.717, 1.165) is 15.6 Å². The summed E-state index contributed by atoms with van der Waals surface area (Å²) in [5.41, 5.74) is 2.42. The third-order valence-electron chi connectivity index (χ3n) is 4.17. The quantitative estimate of drug-likeness (QED) is 0.691. The molecule has 0 bridgehead atoms. The van der Waals surface area contributed by atoms with Crippen molar-refractivity contribution in [3.63, 3.8) is 0 Å². The number of hydrogen-bond acceptors (Lipinski definition) is 3. The second-order valence-corrected chi connectivity index (χ2v) is 8.86. The monoisotopic (exact) mass is 419 g/mol. The van der Waals surface area contributed by atoms with Crippen LogP contribution in [0.5, 0.6) is 0 Å². The number of halogens is 1. The van der Waals surface area contributed by atoms with Crippen LogP contribution in [0.25, 0.3) is 0 Å². The number of benzene rings is 2. The minimum atomic E-state index is -3.72. The summed E-state index contributed by atoms with van der Waals surface area (Å²) in [7, 11) is -3.72. The van der Waals surface area contributed by atoms with Crippen molar-refractivity contribution in [3.8, 4) is 0 Å². The standard InChI is InChI=1S/C19H18BrNO3S/c1-13-3-9-18(10-4-13)25(23,24)21-17(11-14(2)22)12-19(21)15-5-7-16(20)8-6-15/h3-11,19H,12H2,1-2H3/b17-11+. The van der Waals surface area contributed by atoms with Gasteiger partial charge in [-0.25, -0.2) is 8.42 Å². The van der Waals surface area contributed by atoms with E-state index in [1.165, 1.54) is 17.3 Å². The first-order valence-corrected chi connectivity index (χ1v) is 10.1. The van der Waals surface area contributed by atoms with Gasteiger partial charge in [0.05, 0.1) is 10.9 Å². The van der Waals surface area contributed by atoms with Crippen LogP contribution in [0.3, 0.4) is 0 Å². The molecule has 0 amide bonds. The third kappa shape index (κ3) is 3.55. The Bertz CT molecular complexity index is 932. The Labute approximate surface area is 156 Å². The van der Waals surface area contributed by atoms with Crippen LogP contribution in [0.1, 0.15) is 30.5 Å². The highest BCUT2D eigenvalue weighted by molar-refractivity contribution is 9.10. The zero-order valence-corrected chi connectivity index (χ0v) is 16.3. The van der Waals surface area contributed by atoms with Crippen LogP contribution in [0.2, 0.25) is 0 Å². The van der Waals surface area contributed by atoms with Crippen molar-refractivity contribution in [3.05, 3.63) is 75.9 Å². The zero-order chi connectivity index (χ0) is 18.2. The highest BCUT2D eigenvalue weighted by Crippen LogP contribution is 2.45. The van der Waals surface area contributed by atoms with Crippen molar-refractivity contribution < 1.29 is 13.2 Å². The fourth-order valence-corrected chi connectivity index (χ4v) is 4.84. The first-order valence-electron chi connectivity index (χ1n) is 7.87. The maximum Gasteiger partial charge on any atom is 0.264 e. The van der Waals surface area contributed by atoms with Crippen molar-refractivity contribution in [2.75, 3.05) is 0 Å². The molecule has 0 spiro atoms. The number of carbonyl (C=O) groups excluding carboxylic acids is 1. The molecule has 4 nitrogen and oxygen atoms in total. The minimum Gasteiger partial charge on any atom is -0.295 e. The van der Waals surface area contributed by atoms with E-state index in [9.17, 15) is 13.2 Å². The summed E-state index contributed by atoms with van der Waals surface area (Å²) in [6, 6.07) is 14.0. The van der Waals surface area contributed by atoms with Gasteiger partial charge in [-0.1, -0.05) is 45.8 Å². The van der Waals surface area contributed by atoms with Crippen molar-refractivity contribution in [2.45, 2.75) is 31.2 Å². The number of hydrogen-bond donors (Lipinski definition) is 0. The minimum absolute atomic E-state index is 0.159. The topological polar surface area (TPSA) is 54.5 Å². The van der Waals surface area contributed by atoms with E-state index in [1.807, 2.05) is 31.2 Å². The molecule has 1 aliphatic heterocycles. The fraction of sp³-hybridized carbons (Fsp3) is 0.211. The Morgan fingerprint density at radius 1 is 1.12 bits per heavy atom. The number of rotatable bonds is 4. The molecule has 2 aromatic rings. The lowest BCUT2D eigenvalue weighted by atomic mass is 9.94. The van der Waals surface area contributed by atoms with Gasteiger partial charge in [-0.3, -0.25) is 9.10 Å².